The zero-order valence-electron chi connectivity index (χ0n) is 14.9. The molecule has 0 amide bonds. The van der Waals surface area contributed by atoms with Gasteiger partial charge in [-0.25, -0.2) is 14.5 Å². The molecule has 0 spiro atoms. The molecule has 0 aliphatic heterocycles. The first-order chi connectivity index (χ1) is 12.9. The molecule has 0 fully saturated rings. The number of ether oxygens (including phenoxy) is 1. The Labute approximate surface area is 168 Å². The average molecular weight is 437 g/mol. The van der Waals surface area contributed by atoms with Gasteiger partial charge in [-0.05, 0) is 31.1 Å². The van der Waals surface area contributed by atoms with Crippen LogP contribution >= 0.6 is 23.8 Å². The molecule has 2 N–H and O–H groups in total. The van der Waals surface area contributed by atoms with E-state index < -0.39 is 23.8 Å². The largest absolute Gasteiger partial charge is 0.480 e. The number of aliphatic carboxylic acids is 1. The van der Waals surface area contributed by atoms with Crippen molar-refractivity contribution in [3.63, 3.8) is 0 Å². The van der Waals surface area contributed by atoms with Crippen molar-refractivity contribution in [3.8, 4) is 11.8 Å². The Balaban J connectivity index is 2.20. The molecule has 2 aromatic heterocycles. The Morgan fingerprint density at radius 3 is 2.54 bits per heavy atom. The Morgan fingerprint density at radius 1 is 1.39 bits per heavy atom. The number of halogens is 4. The van der Waals surface area contributed by atoms with E-state index in [0.29, 0.717) is 18.0 Å². The van der Waals surface area contributed by atoms with Gasteiger partial charge in [0.05, 0.1) is 5.56 Å². The van der Waals surface area contributed by atoms with Gasteiger partial charge in [0.2, 0.25) is 11.8 Å². The minimum atomic E-state index is -4.58. The van der Waals surface area contributed by atoms with Gasteiger partial charge in [0.1, 0.15) is 11.1 Å². The molecule has 7 nitrogen and oxygen atoms in total. The Bertz CT molecular complexity index is 902. The highest BCUT2D eigenvalue weighted by atomic mass is 35.5. The van der Waals surface area contributed by atoms with Crippen LogP contribution in [0.15, 0.2) is 18.3 Å². The third-order valence-electron chi connectivity index (χ3n) is 3.61. The van der Waals surface area contributed by atoms with Gasteiger partial charge >= 0.3 is 12.1 Å². The number of nitrogens with zero attached hydrogens (tertiary/aromatic N) is 3. The lowest BCUT2D eigenvalue weighted by molar-refractivity contribution is -0.140. The van der Waals surface area contributed by atoms with Gasteiger partial charge in [-0.1, -0.05) is 25.4 Å². The quantitative estimate of drug-likeness (QED) is 0.687. The van der Waals surface area contributed by atoms with E-state index in [0.717, 1.165) is 0 Å². The summed E-state index contributed by atoms with van der Waals surface area (Å²) in [5.41, 5.74) is -0.506. The first kappa shape index (κ1) is 21.9. The first-order valence-corrected chi connectivity index (χ1v) is 8.69. The smallest absolute Gasteiger partial charge is 0.417 e. The van der Waals surface area contributed by atoms with E-state index in [9.17, 15) is 23.1 Å². The topological polar surface area (TPSA) is 89.3 Å². The van der Waals surface area contributed by atoms with Gasteiger partial charge < -0.3 is 15.2 Å². The summed E-state index contributed by atoms with van der Waals surface area (Å²) < 4.78 is 44.6. The molecule has 0 radical (unpaired) electrons. The SMILES string of the molecule is Cc1cc(Oc2ncc(C(F)(F)F)cc2Cl)nn1C(=S)NC(C(=O)O)C(C)C. The van der Waals surface area contributed by atoms with E-state index in [-0.39, 0.29) is 27.8 Å². The fourth-order valence-electron chi connectivity index (χ4n) is 2.16. The molecule has 1 atom stereocenters. The fraction of sp³-hybridized carbons (Fsp3) is 0.375. The number of aryl methyl sites for hydroxylation is 1. The van der Waals surface area contributed by atoms with E-state index in [1.165, 1.54) is 10.7 Å². The number of aromatic nitrogens is 3. The van der Waals surface area contributed by atoms with Crippen LogP contribution in [0, 0.1) is 12.8 Å². The first-order valence-electron chi connectivity index (χ1n) is 7.91. The molecule has 28 heavy (non-hydrogen) atoms. The molecule has 0 aliphatic carbocycles. The summed E-state index contributed by atoms with van der Waals surface area (Å²) in [4.78, 5) is 14.9. The molecule has 2 heterocycles. The van der Waals surface area contributed by atoms with Crippen LogP contribution < -0.4 is 10.1 Å². The number of hydrogen-bond acceptors (Lipinski definition) is 5. The molecule has 2 rings (SSSR count). The van der Waals surface area contributed by atoms with Gasteiger partial charge in [0.15, 0.2) is 5.11 Å². The molecular weight excluding hydrogens is 421 g/mol. The Morgan fingerprint density at radius 2 is 2.04 bits per heavy atom. The highest BCUT2D eigenvalue weighted by molar-refractivity contribution is 7.80. The summed E-state index contributed by atoms with van der Waals surface area (Å²) in [5.74, 6) is -1.59. The maximum atomic E-state index is 12.7. The van der Waals surface area contributed by atoms with E-state index in [1.54, 1.807) is 20.8 Å². The number of carbonyl (C=O) groups is 1. The second-order valence-electron chi connectivity index (χ2n) is 6.16. The van der Waals surface area contributed by atoms with Crippen LogP contribution in [0.25, 0.3) is 0 Å². The zero-order valence-corrected chi connectivity index (χ0v) is 16.5. The number of pyridine rings is 1. The minimum absolute atomic E-state index is 0.0211. The number of nitrogens with one attached hydrogen (secondary N) is 1. The predicted octanol–water partition coefficient (Wildman–Crippen LogP) is 3.88. The molecule has 152 valence electrons. The van der Waals surface area contributed by atoms with Crippen LogP contribution in [0.5, 0.6) is 11.8 Å². The van der Waals surface area contributed by atoms with Gasteiger partial charge in [0, 0.05) is 18.0 Å². The van der Waals surface area contributed by atoms with E-state index in [2.05, 4.69) is 15.4 Å². The summed E-state index contributed by atoms with van der Waals surface area (Å²) in [5, 5.41) is 15.7. The molecule has 0 saturated carbocycles. The number of carboxylic acid groups (broad SMARTS) is 1. The molecule has 2 aromatic rings. The van der Waals surface area contributed by atoms with Crippen LogP contribution in [0.1, 0.15) is 25.1 Å². The monoisotopic (exact) mass is 436 g/mol. The van der Waals surface area contributed by atoms with Crippen LogP contribution in [0.4, 0.5) is 13.2 Å². The van der Waals surface area contributed by atoms with Crippen LogP contribution in [0.3, 0.4) is 0 Å². The van der Waals surface area contributed by atoms with Gasteiger partial charge in [-0.15, -0.1) is 5.10 Å². The van der Waals surface area contributed by atoms with Crippen LogP contribution in [-0.2, 0) is 11.0 Å². The lowest BCUT2D eigenvalue weighted by atomic mass is 10.1. The second kappa shape index (κ2) is 8.31. The average Bonchev–Trinajstić information content (AvgIpc) is 2.93. The van der Waals surface area contributed by atoms with Crippen LogP contribution in [-0.4, -0.2) is 37.0 Å². The summed E-state index contributed by atoms with van der Waals surface area (Å²) in [6.07, 6.45) is -3.99. The molecule has 0 saturated heterocycles. The number of hydrogen-bond donors (Lipinski definition) is 2. The summed E-state index contributed by atoms with van der Waals surface area (Å²) in [7, 11) is 0. The zero-order chi connectivity index (χ0) is 21.2. The van der Waals surface area contributed by atoms with Crippen molar-refractivity contribution in [2.75, 3.05) is 0 Å². The Kier molecular flexibility index (Phi) is 6.50. The lowest BCUT2D eigenvalue weighted by Gasteiger charge is -2.19. The molecule has 12 heteroatoms. The lowest BCUT2D eigenvalue weighted by Crippen LogP contribution is -2.46. The van der Waals surface area contributed by atoms with Crippen molar-refractivity contribution in [1.29, 1.82) is 0 Å². The van der Waals surface area contributed by atoms with Crippen molar-refractivity contribution in [2.24, 2.45) is 5.92 Å². The second-order valence-corrected chi connectivity index (χ2v) is 6.95. The van der Waals surface area contributed by atoms with Gasteiger partial charge in [0.25, 0.3) is 0 Å². The van der Waals surface area contributed by atoms with Crippen molar-refractivity contribution < 1.29 is 27.8 Å². The highest BCUT2D eigenvalue weighted by Gasteiger charge is 2.32. The Hall–Kier alpha value is -2.40. The van der Waals surface area contributed by atoms with Gasteiger partial charge in [-0.3, -0.25) is 0 Å². The van der Waals surface area contributed by atoms with Crippen molar-refractivity contribution in [2.45, 2.75) is 33.0 Å². The van der Waals surface area contributed by atoms with Crippen LogP contribution in [0.2, 0.25) is 5.02 Å². The van der Waals surface area contributed by atoms with E-state index in [1.807, 2.05) is 0 Å². The predicted molar refractivity (Wildman–Crippen MR) is 98.7 cm³/mol. The maximum Gasteiger partial charge on any atom is 0.417 e. The number of carboxylic acids is 1. The normalized spacial score (nSPS) is 12.7. The molecule has 0 aliphatic rings. The third kappa shape index (κ3) is 5.10. The summed E-state index contributed by atoms with van der Waals surface area (Å²) in [6, 6.07) is 1.22. The molecule has 1 unspecified atom stereocenters. The minimum Gasteiger partial charge on any atom is -0.480 e. The highest BCUT2D eigenvalue weighted by Crippen LogP contribution is 2.34. The van der Waals surface area contributed by atoms with Gasteiger partial charge in [-0.2, -0.15) is 13.2 Å². The number of rotatable bonds is 5. The summed E-state index contributed by atoms with van der Waals surface area (Å²) in [6.45, 7) is 5.08. The third-order valence-corrected chi connectivity index (χ3v) is 4.17. The summed E-state index contributed by atoms with van der Waals surface area (Å²) >= 11 is 11.0. The van der Waals surface area contributed by atoms with Crippen molar-refractivity contribution in [1.82, 2.24) is 20.1 Å². The molecule has 0 bridgehead atoms. The molecular formula is C16H16ClF3N4O3S. The number of alkyl halides is 3. The number of thiocarbonyl (C=S) groups is 1. The fourth-order valence-corrected chi connectivity index (χ4v) is 2.68. The standard InChI is InChI=1S/C16H16ClF3N4O3S/c1-7(2)12(14(25)26)22-15(28)24-8(3)4-11(23-24)27-13-10(17)5-9(6-21-13)16(18,19)20/h4-7,12H,1-3H3,(H,22,28)(H,25,26). The van der Waals surface area contributed by atoms with E-state index in [4.69, 9.17) is 28.6 Å². The van der Waals surface area contributed by atoms with Crippen molar-refractivity contribution in [3.05, 3.63) is 34.6 Å². The molecule has 0 aromatic carbocycles. The van der Waals surface area contributed by atoms with E-state index >= 15 is 0 Å². The maximum absolute atomic E-state index is 12.7. The van der Waals surface area contributed by atoms with Crippen molar-refractivity contribution >= 4 is 34.9 Å².